The van der Waals surface area contributed by atoms with E-state index < -0.39 is 17.7 Å². The summed E-state index contributed by atoms with van der Waals surface area (Å²) in [7, 11) is 3.98. The van der Waals surface area contributed by atoms with Gasteiger partial charge in [-0.05, 0) is 86.7 Å². The van der Waals surface area contributed by atoms with Gasteiger partial charge in [-0.15, -0.1) is 0 Å². The molecule has 0 atom stereocenters. The first-order chi connectivity index (χ1) is 18.6. The third kappa shape index (κ3) is 6.69. The summed E-state index contributed by atoms with van der Waals surface area (Å²) in [5.41, 5.74) is 4.25. The Morgan fingerprint density at radius 2 is 1.74 bits per heavy atom. The number of nitrogens with one attached hydrogen (secondary N) is 2. The van der Waals surface area contributed by atoms with Crippen LogP contribution >= 0.6 is 0 Å². The molecule has 0 saturated carbocycles. The highest BCUT2D eigenvalue weighted by atomic mass is 19.1. The molecule has 39 heavy (non-hydrogen) atoms. The number of fused-ring (bicyclic) bond motifs is 1. The molecular formula is C30H31FN4O4. The van der Waals surface area contributed by atoms with E-state index in [1.807, 2.05) is 38.4 Å². The number of rotatable bonds is 10. The van der Waals surface area contributed by atoms with Crippen molar-refractivity contribution in [1.82, 2.24) is 4.90 Å². The van der Waals surface area contributed by atoms with Crippen molar-refractivity contribution in [2.45, 2.75) is 19.8 Å². The van der Waals surface area contributed by atoms with Crippen LogP contribution in [0.1, 0.15) is 30.0 Å². The number of carbonyl (C=O) groups is 3. The van der Waals surface area contributed by atoms with Crippen LogP contribution in [0.25, 0.3) is 11.3 Å². The maximum atomic E-state index is 13.9. The minimum Gasteiger partial charge on any atom is -0.481 e. The van der Waals surface area contributed by atoms with E-state index in [4.69, 9.17) is 0 Å². The fraction of sp³-hybridized carbons (Fsp3) is 0.233. The zero-order valence-electron chi connectivity index (χ0n) is 22.1. The van der Waals surface area contributed by atoms with Crippen molar-refractivity contribution in [3.05, 3.63) is 89.2 Å². The maximum absolute atomic E-state index is 13.9. The second kappa shape index (κ2) is 11.9. The number of nitrogens with zero attached hydrogens (tertiary/aromatic N) is 2. The lowest BCUT2D eigenvalue weighted by molar-refractivity contribution is -0.136. The van der Waals surface area contributed by atoms with Crippen LogP contribution in [0.3, 0.4) is 0 Å². The highest BCUT2D eigenvalue weighted by Crippen LogP contribution is 2.38. The molecule has 202 valence electrons. The molecule has 1 aliphatic heterocycles. The third-order valence-corrected chi connectivity index (χ3v) is 6.36. The summed E-state index contributed by atoms with van der Waals surface area (Å²) in [6.07, 6.45) is 0.651. The summed E-state index contributed by atoms with van der Waals surface area (Å²) in [4.78, 5) is 40.5. The van der Waals surface area contributed by atoms with E-state index in [-0.39, 0.29) is 12.3 Å². The number of aliphatic carboxylic acids is 1. The quantitative estimate of drug-likeness (QED) is 0.329. The van der Waals surface area contributed by atoms with Gasteiger partial charge in [0.2, 0.25) is 5.91 Å². The Balaban J connectivity index is 1.72. The zero-order chi connectivity index (χ0) is 28.1. The van der Waals surface area contributed by atoms with Crippen molar-refractivity contribution in [1.29, 1.82) is 0 Å². The number of hydrogen-bond donors (Lipinski definition) is 3. The Morgan fingerprint density at radius 3 is 2.41 bits per heavy atom. The van der Waals surface area contributed by atoms with Crippen molar-refractivity contribution >= 4 is 46.1 Å². The third-order valence-electron chi connectivity index (χ3n) is 6.36. The van der Waals surface area contributed by atoms with E-state index in [1.54, 1.807) is 35.2 Å². The molecule has 1 aliphatic rings. The summed E-state index contributed by atoms with van der Waals surface area (Å²) in [6.45, 7) is 2.97. The second-order valence-electron chi connectivity index (χ2n) is 9.66. The average Bonchev–Trinajstić information content (AvgIpc) is 3.19. The minimum atomic E-state index is -0.968. The molecular weight excluding hydrogens is 499 g/mol. The Kier molecular flexibility index (Phi) is 8.41. The van der Waals surface area contributed by atoms with Gasteiger partial charge in [-0.3, -0.25) is 14.4 Å². The van der Waals surface area contributed by atoms with Crippen molar-refractivity contribution in [3.8, 4) is 0 Å². The Hall–Kier alpha value is -4.50. The number of amides is 2. The molecule has 3 N–H and O–H groups in total. The van der Waals surface area contributed by atoms with Crippen molar-refractivity contribution < 1.29 is 23.9 Å². The van der Waals surface area contributed by atoms with Gasteiger partial charge >= 0.3 is 5.97 Å². The number of hydrogen-bond acceptors (Lipinski definition) is 5. The van der Waals surface area contributed by atoms with Crippen LogP contribution < -0.4 is 15.5 Å². The molecule has 3 aromatic carbocycles. The summed E-state index contributed by atoms with van der Waals surface area (Å²) >= 11 is 0. The number of anilines is 3. The molecule has 0 fully saturated rings. The fourth-order valence-electron chi connectivity index (χ4n) is 4.57. The molecule has 0 radical (unpaired) electrons. The van der Waals surface area contributed by atoms with Gasteiger partial charge in [-0.2, -0.15) is 0 Å². The lowest BCUT2D eigenvalue weighted by Gasteiger charge is -2.23. The molecule has 8 nitrogen and oxygen atoms in total. The van der Waals surface area contributed by atoms with Crippen LogP contribution in [-0.4, -0.2) is 55.0 Å². The first kappa shape index (κ1) is 27.5. The van der Waals surface area contributed by atoms with E-state index in [0.717, 1.165) is 18.7 Å². The lowest BCUT2D eigenvalue weighted by atomic mass is 9.98. The predicted octanol–water partition coefficient (Wildman–Crippen LogP) is 4.69. The van der Waals surface area contributed by atoms with Crippen molar-refractivity contribution in [2.75, 3.05) is 42.7 Å². The number of carboxylic acid groups (broad SMARTS) is 1. The molecule has 0 unspecified atom stereocenters. The first-order valence-corrected chi connectivity index (χ1v) is 12.6. The maximum Gasteiger partial charge on any atom is 0.307 e. The van der Waals surface area contributed by atoms with Gasteiger partial charge in [-0.1, -0.05) is 18.2 Å². The number of halogens is 1. The van der Waals surface area contributed by atoms with Gasteiger partial charge in [-0.25, -0.2) is 4.39 Å². The van der Waals surface area contributed by atoms with Crippen LogP contribution in [0, 0.1) is 5.82 Å². The number of benzene rings is 3. The van der Waals surface area contributed by atoms with Crippen LogP contribution in [0.2, 0.25) is 0 Å². The first-order valence-electron chi connectivity index (χ1n) is 12.6. The van der Waals surface area contributed by atoms with E-state index >= 15 is 0 Å². The molecule has 0 aliphatic carbocycles. The molecule has 0 bridgehead atoms. The van der Waals surface area contributed by atoms with E-state index in [0.29, 0.717) is 45.9 Å². The normalized spacial score (nSPS) is 13.6. The van der Waals surface area contributed by atoms with Gasteiger partial charge < -0.3 is 25.5 Å². The Bertz CT molecular complexity index is 1430. The van der Waals surface area contributed by atoms with Gasteiger partial charge in [0, 0.05) is 30.4 Å². The van der Waals surface area contributed by atoms with Crippen LogP contribution in [-0.2, 0) is 20.8 Å². The van der Waals surface area contributed by atoms with Gasteiger partial charge in [0.1, 0.15) is 5.82 Å². The summed E-state index contributed by atoms with van der Waals surface area (Å²) in [5.74, 6) is -1.89. The van der Waals surface area contributed by atoms with Gasteiger partial charge in [0.25, 0.3) is 5.91 Å². The zero-order valence-corrected chi connectivity index (χ0v) is 22.1. The van der Waals surface area contributed by atoms with Crippen LogP contribution in [0.4, 0.5) is 21.5 Å². The van der Waals surface area contributed by atoms with E-state index in [9.17, 15) is 23.9 Å². The van der Waals surface area contributed by atoms with Gasteiger partial charge in [0.05, 0.1) is 23.4 Å². The van der Waals surface area contributed by atoms with Crippen LogP contribution in [0.5, 0.6) is 0 Å². The van der Waals surface area contributed by atoms with Crippen molar-refractivity contribution in [3.63, 3.8) is 0 Å². The lowest BCUT2D eigenvalue weighted by Crippen LogP contribution is -2.31. The number of carbonyl (C=O) groups excluding carboxylic acids is 2. The monoisotopic (exact) mass is 530 g/mol. The summed E-state index contributed by atoms with van der Waals surface area (Å²) in [6, 6.07) is 18.3. The van der Waals surface area contributed by atoms with Crippen LogP contribution in [0.15, 0.2) is 66.7 Å². The highest BCUT2D eigenvalue weighted by molar-refractivity contribution is 6.37. The molecule has 9 heteroatoms. The Morgan fingerprint density at radius 1 is 1.00 bits per heavy atom. The molecule has 1 heterocycles. The molecule has 4 rings (SSSR count). The summed E-state index contributed by atoms with van der Waals surface area (Å²) < 4.78 is 13.9. The number of carboxylic acids is 1. The highest BCUT2D eigenvalue weighted by Gasteiger charge is 2.29. The SMILES string of the molecule is CC(=O)N(CCCN(C)C)c1ccc(NC(=C2C(=O)Nc3cc(F)ccc32)c2cccc(CC(=O)O)c2)cc1. The molecule has 0 saturated heterocycles. The average molecular weight is 531 g/mol. The van der Waals surface area contributed by atoms with Crippen molar-refractivity contribution in [2.24, 2.45) is 0 Å². The minimum absolute atomic E-state index is 0.0565. The predicted molar refractivity (Wildman–Crippen MR) is 151 cm³/mol. The standard InChI is InChI=1S/C30H31FN4O4/c1-19(36)35(15-5-14-34(2)3)24-11-9-23(10-12-24)32-29(21-7-4-6-20(16-21)17-27(37)38)28-25-13-8-22(31)18-26(25)33-30(28)39/h4,6-13,16,18,32H,5,14-15,17H2,1-3H3,(H,33,39)(H,37,38). The van der Waals surface area contributed by atoms with Gasteiger partial charge in [0.15, 0.2) is 0 Å². The molecule has 0 aromatic heterocycles. The smallest absolute Gasteiger partial charge is 0.307 e. The molecule has 0 spiro atoms. The van der Waals surface area contributed by atoms with E-state index in [1.165, 1.54) is 19.1 Å². The van der Waals surface area contributed by atoms with E-state index in [2.05, 4.69) is 15.5 Å². The second-order valence-corrected chi connectivity index (χ2v) is 9.66. The molecule has 2 amide bonds. The largest absolute Gasteiger partial charge is 0.481 e. The topological polar surface area (TPSA) is 102 Å². The Labute approximate surface area is 226 Å². The molecule has 3 aromatic rings. The fourth-order valence-corrected chi connectivity index (χ4v) is 4.57. The summed E-state index contributed by atoms with van der Waals surface area (Å²) in [5, 5.41) is 15.3.